The van der Waals surface area contributed by atoms with E-state index in [9.17, 15) is 8.42 Å². The van der Waals surface area contributed by atoms with Crippen LogP contribution in [0.5, 0.6) is 0 Å². The van der Waals surface area contributed by atoms with Crippen LogP contribution in [0.1, 0.15) is 6.92 Å². The second-order valence-corrected chi connectivity index (χ2v) is 6.73. The Bertz CT molecular complexity index is 517. The zero-order valence-corrected chi connectivity index (χ0v) is 12.5. The van der Waals surface area contributed by atoms with Crippen molar-refractivity contribution in [1.29, 1.82) is 0 Å². The number of sulfonamides is 1. The molecular formula is C10H13BrN2O2S2. The van der Waals surface area contributed by atoms with Gasteiger partial charge in [0.05, 0.1) is 16.4 Å². The van der Waals surface area contributed by atoms with Crippen LogP contribution in [0.3, 0.4) is 0 Å². The molecule has 0 fully saturated rings. The van der Waals surface area contributed by atoms with Gasteiger partial charge in [-0.3, -0.25) is 0 Å². The minimum Gasteiger partial charge on any atom is -0.392 e. The Hall–Kier alpha value is -0.500. The summed E-state index contributed by atoms with van der Waals surface area (Å²) in [4.78, 5) is 0.385. The number of rotatable bonds is 5. The lowest BCUT2D eigenvalue weighted by atomic mass is 10.4. The highest BCUT2D eigenvalue weighted by molar-refractivity contribution is 9.10. The summed E-state index contributed by atoms with van der Waals surface area (Å²) >= 11 is 7.99. The molecule has 0 heterocycles. The summed E-state index contributed by atoms with van der Waals surface area (Å²) in [6.45, 7) is 2.13. The van der Waals surface area contributed by atoms with Crippen molar-refractivity contribution in [3.05, 3.63) is 28.7 Å². The Labute approximate surface area is 115 Å². The van der Waals surface area contributed by atoms with E-state index in [1.807, 2.05) is 0 Å². The largest absolute Gasteiger partial charge is 0.392 e. The van der Waals surface area contributed by atoms with Gasteiger partial charge in [-0.15, -0.1) is 0 Å². The third-order valence-corrected chi connectivity index (χ3v) is 4.66. The predicted octanol–water partition coefficient (Wildman–Crippen LogP) is 1.75. The van der Waals surface area contributed by atoms with Gasteiger partial charge >= 0.3 is 0 Å². The summed E-state index contributed by atoms with van der Waals surface area (Å²) in [6, 6.07) is 6.54. The highest BCUT2D eigenvalue weighted by Gasteiger charge is 2.23. The first-order valence-electron chi connectivity index (χ1n) is 4.92. The van der Waals surface area contributed by atoms with Crippen LogP contribution in [-0.2, 0) is 10.0 Å². The zero-order valence-electron chi connectivity index (χ0n) is 9.26. The van der Waals surface area contributed by atoms with Gasteiger partial charge < -0.3 is 5.73 Å². The molecule has 0 aliphatic heterocycles. The van der Waals surface area contributed by atoms with E-state index in [1.165, 1.54) is 4.31 Å². The van der Waals surface area contributed by atoms with Crippen molar-refractivity contribution in [3.8, 4) is 0 Å². The van der Waals surface area contributed by atoms with Crippen molar-refractivity contribution in [2.45, 2.75) is 11.8 Å². The molecule has 17 heavy (non-hydrogen) atoms. The maximum atomic E-state index is 12.2. The Kier molecular flexibility index (Phi) is 5.05. The van der Waals surface area contributed by atoms with E-state index < -0.39 is 10.0 Å². The first-order chi connectivity index (χ1) is 7.87. The second-order valence-electron chi connectivity index (χ2n) is 3.35. The van der Waals surface area contributed by atoms with Gasteiger partial charge in [0.15, 0.2) is 0 Å². The van der Waals surface area contributed by atoms with Crippen molar-refractivity contribution in [2.75, 3.05) is 13.1 Å². The minimum atomic E-state index is -3.53. The molecule has 0 saturated carbocycles. The number of hydrogen-bond donors (Lipinski definition) is 1. The molecule has 0 amide bonds. The van der Waals surface area contributed by atoms with E-state index in [1.54, 1.807) is 31.2 Å². The van der Waals surface area contributed by atoms with Crippen LogP contribution in [-0.4, -0.2) is 30.8 Å². The normalized spacial score (nSPS) is 11.7. The molecule has 0 atom stereocenters. The number of nitrogens with zero attached hydrogens (tertiary/aromatic N) is 1. The van der Waals surface area contributed by atoms with Crippen molar-refractivity contribution < 1.29 is 8.42 Å². The third kappa shape index (κ3) is 3.74. The van der Waals surface area contributed by atoms with E-state index in [4.69, 9.17) is 18.0 Å². The molecule has 0 aromatic heterocycles. The number of halogens is 1. The SMILES string of the molecule is CCN(CC(N)=S)S(=O)(=O)c1cccc(Br)c1. The lowest BCUT2D eigenvalue weighted by Crippen LogP contribution is -2.37. The van der Waals surface area contributed by atoms with E-state index in [0.717, 1.165) is 0 Å². The van der Waals surface area contributed by atoms with Crippen molar-refractivity contribution >= 4 is 43.2 Å². The molecule has 4 nitrogen and oxygen atoms in total. The van der Waals surface area contributed by atoms with Gasteiger partial charge in [0.2, 0.25) is 10.0 Å². The summed E-state index contributed by atoms with van der Waals surface area (Å²) < 4.78 is 26.4. The Morgan fingerprint density at radius 3 is 2.65 bits per heavy atom. The molecular weight excluding hydrogens is 324 g/mol. The molecule has 7 heteroatoms. The lowest BCUT2D eigenvalue weighted by molar-refractivity contribution is 0.468. The molecule has 0 unspecified atom stereocenters. The Morgan fingerprint density at radius 2 is 2.18 bits per heavy atom. The molecule has 0 aliphatic rings. The van der Waals surface area contributed by atoms with E-state index in [0.29, 0.717) is 11.0 Å². The van der Waals surface area contributed by atoms with E-state index in [2.05, 4.69) is 15.9 Å². The van der Waals surface area contributed by atoms with Crippen LogP contribution in [0.4, 0.5) is 0 Å². The summed E-state index contributed by atoms with van der Waals surface area (Å²) in [5.41, 5.74) is 5.39. The fourth-order valence-electron chi connectivity index (χ4n) is 1.32. The van der Waals surface area contributed by atoms with Gasteiger partial charge in [-0.2, -0.15) is 4.31 Å². The molecule has 0 radical (unpaired) electrons. The fraction of sp³-hybridized carbons (Fsp3) is 0.300. The summed E-state index contributed by atoms with van der Waals surface area (Å²) in [5.74, 6) is 0. The number of hydrogen-bond acceptors (Lipinski definition) is 3. The van der Waals surface area contributed by atoms with Crippen LogP contribution in [0.15, 0.2) is 33.6 Å². The maximum Gasteiger partial charge on any atom is 0.243 e. The first kappa shape index (κ1) is 14.6. The zero-order chi connectivity index (χ0) is 13.1. The summed E-state index contributed by atoms with van der Waals surface area (Å²) in [6.07, 6.45) is 0. The molecule has 0 spiro atoms. The Balaban J connectivity index is 3.13. The van der Waals surface area contributed by atoms with E-state index >= 15 is 0 Å². The van der Waals surface area contributed by atoms with Gasteiger partial charge in [0.25, 0.3) is 0 Å². The monoisotopic (exact) mass is 336 g/mol. The van der Waals surface area contributed by atoms with Gasteiger partial charge in [0, 0.05) is 11.0 Å². The highest BCUT2D eigenvalue weighted by atomic mass is 79.9. The van der Waals surface area contributed by atoms with Crippen LogP contribution >= 0.6 is 28.1 Å². The molecule has 1 aromatic carbocycles. The van der Waals surface area contributed by atoms with Crippen molar-refractivity contribution in [1.82, 2.24) is 4.31 Å². The standard InChI is InChI=1S/C10H13BrN2O2S2/c1-2-13(7-10(12)16)17(14,15)9-5-3-4-8(11)6-9/h3-6H,2,7H2,1H3,(H2,12,16). The van der Waals surface area contributed by atoms with Gasteiger partial charge in [-0.05, 0) is 18.2 Å². The quantitative estimate of drug-likeness (QED) is 0.832. The average Bonchev–Trinajstić information content (AvgIpc) is 2.25. The van der Waals surface area contributed by atoms with Crippen molar-refractivity contribution in [2.24, 2.45) is 5.73 Å². The lowest BCUT2D eigenvalue weighted by Gasteiger charge is -2.19. The van der Waals surface area contributed by atoms with E-state index in [-0.39, 0.29) is 16.4 Å². The predicted molar refractivity (Wildman–Crippen MR) is 75.4 cm³/mol. The molecule has 0 bridgehead atoms. The molecule has 94 valence electrons. The number of likely N-dealkylation sites (N-methyl/N-ethyl adjacent to an activating group) is 1. The molecule has 2 N–H and O–H groups in total. The van der Waals surface area contributed by atoms with Crippen LogP contribution < -0.4 is 5.73 Å². The van der Waals surface area contributed by atoms with Gasteiger partial charge in [-0.1, -0.05) is 41.1 Å². The summed E-state index contributed by atoms with van der Waals surface area (Å²) in [7, 11) is -3.53. The molecule has 1 rings (SSSR count). The van der Waals surface area contributed by atoms with Crippen molar-refractivity contribution in [3.63, 3.8) is 0 Å². The number of benzene rings is 1. The molecule has 0 aliphatic carbocycles. The van der Waals surface area contributed by atoms with Crippen LogP contribution in [0, 0.1) is 0 Å². The van der Waals surface area contributed by atoms with Gasteiger partial charge in [0.1, 0.15) is 0 Å². The topological polar surface area (TPSA) is 63.4 Å². The second kappa shape index (κ2) is 5.90. The summed E-state index contributed by atoms with van der Waals surface area (Å²) in [5, 5.41) is 0. The first-order valence-corrected chi connectivity index (χ1v) is 7.56. The van der Waals surface area contributed by atoms with Crippen LogP contribution in [0.2, 0.25) is 0 Å². The molecule has 0 saturated heterocycles. The smallest absolute Gasteiger partial charge is 0.243 e. The highest BCUT2D eigenvalue weighted by Crippen LogP contribution is 2.19. The van der Waals surface area contributed by atoms with Gasteiger partial charge in [-0.25, -0.2) is 8.42 Å². The maximum absolute atomic E-state index is 12.2. The number of thiocarbonyl (C=S) groups is 1. The molecule has 1 aromatic rings. The average molecular weight is 337 g/mol. The third-order valence-electron chi connectivity index (χ3n) is 2.12. The fourth-order valence-corrected chi connectivity index (χ4v) is 3.58. The van der Waals surface area contributed by atoms with Crippen LogP contribution in [0.25, 0.3) is 0 Å². The number of nitrogens with two attached hydrogens (primary N) is 1. The Morgan fingerprint density at radius 1 is 1.53 bits per heavy atom. The minimum absolute atomic E-state index is 0.0562.